The molecule has 1 aromatic rings. The largest absolute Gasteiger partial charge is 0.491 e. The van der Waals surface area contributed by atoms with Crippen molar-refractivity contribution in [2.45, 2.75) is 20.4 Å². The zero-order chi connectivity index (χ0) is 14.5. The van der Waals surface area contributed by atoms with E-state index in [0.29, 0.717) is 19.1 Å². The second-order valence-electron chi connectivity index (χ2n) is 5.12. The van der Waals surface area contributed by atoms with Crippen LogP contribution in [0.2, 0.25) is 0 Å². The molecule has 0 aliphatic carbocycles. The lowest BCUT2D eigenvalue weighted by Crippen LogP contribution is -2.49. The lowest BCUT2D eigenvalue weighted by molar-refractivity contribution is -0.126. The molecule has 4 nitrogen and oxygen atoms in total. The molecule has 1 unspecified atom stereocenters. The van der Waals surface area contributed by atoms with Crippen LogP contribution in [0.5, 0.6) is 5.75 Å². The Morgan fingerprint density at radius 1 is 1.52 bits per heavy atom. The topological polar surface area (TPSA) is 50.4 Å². The van der Waals surface area contributed by atoms with Crippen molar-refractivity contribution in [3.05, 3.63) is 29.6 Å². The van der Waals surface area contributed by atoms with E-state index in [9.17, 15) is 9.18 Å². The van der Waals surface area contributed by atoms with Crippen LogP contribution in [0.25, 0.3) is 0 Å². The Morgan fingerprint density at radius 3 is 2.76 bits per heavy atom. The molecule has 0 radical (unpaired) electrons. The Morgan fingerprint density at radius 2 is 2.24 bits per heavy atom. The molecule has 1 aliphatic heterocycles. The number of halogens is 2. The fourth-order valence-electron chi connectivity index (χ4n) is 2.16. The van der Waals surface area contributed by atoms with E-state index in [1.165, 1.54) is 6.07 Å². The minimum absolute atomic E-state index is 0. The van der Waals surface area contributed by atoms with Crippen molar-refractivity contribution < 1.29 is 13.9 Å². The maximum Gasteiger partial charge on any atom is 0.223 e. The average molecular weight is 317 g/mol. The average Bonchev–Trinajstić information content (AvgIpc) is 2.37. The van der Waals surface area contributed by atoms with E-state index >= 15 is 0 Å². The van der Waals surface area contributed by atoms with Gasteiger partial charge in [0.1, 0.15) is 0 Å². The van der Waals surface area contributed by atoms with Crippen LogP contribution in [0.15, 0.2) is 18.2 Å². The van der Waals surface area contributed by atoms with Crippen molar-refractivity contribution in [1.82, 2.24) is 10.6 Å². The molecule has 1 fully saturated rings. The van der Waals surface area contributed by atoms with Crippen LogP contribution in [0.1, 0.15) is 19.4 Å². The fourth-order valence-corrected chi connectivity index (χ4v) is 2.16. The van der Waals surface area contributed by atoms with E-state index in [0.717, 1.165) is 18.7 Å². The summed E-state index contributed by atoms with van der Waals surface area (Å²) in [7, 11) is 0. The first-order chi connectivity index (χ1) is 9.61. The SMILES string of the molecule is CCOc1ccc(CNC(=O)C(C)C2CNC2)cc1F.Cl. The van der Waals surface area contributed by atoms with Gasteiger partial charge in [-0.05, 0) is 43.6 Å². The number of hydrogen-bond donors (Lipinski definition) is 2. The first-order valence-corrected chi connectivity index (χ1v) is 7.01. The smallest absolute Gasteiger partial charge is 0.223 e. The molecule has 1 aliphatic rings. The molecule has 0 aromatic heterocycles. The normalized spacial score (nSPS) is 15.6. The summed E-state index contributed by atoms with van der Waals surface area (Å²) in [4.78, 5) is 11.9. The van der Waals surface area contributed by atoms with Crippen LogP contribution in [-0.4, -0.2) is 25.6 Å². The van der Waals surface area contributed by atoms with E-state index in [-0.39, 0.29) is 30.0 Å². The summed E-state index contributed by atoms with van der Waals surface area (Å²) < 4.78 is 18.8. The van der Waals surface area contributed by atoms with Gasteiger partial charge in [-0.2, -0.15) is 0 Å². The van der Waals surface area contributed by atoms with Crippen molar-refractivity contribution in [3.8, 4) is 5.75 Å². The molecule has 1 saturated heterocycles. The van der Waals surface area contributed by atoms with Gasteiger partial charge in [0, 0.05) is 12.5 Å². The Hall–Kier alpha value is -1.33. The number of carbonyl (C=O) groups is 1. The molecule has 6 heteroatoms. The molecule has 1 aromatic carbocycles. The highest BCUT2D eigenvalue weighted by Crippen LogP contribution is 2.19. The zero-order valence-corrected chi connectivity index (χ0v) is 13.1. The highest BCUT2D eigenvalue weighted by molar-refractivity contribution is 5.85. The summed E-state index contributed by atoms with van der Waals surface area (Å²) in [5.41, 5.74) is 0.734. The number of carbonyl (C=O) groups excluding carboxylic acids is 1. The van der Waals surface area contributed by atoms with Crippen molar-refractivity contribution >= 4 is 18.3 Å². The van der Waals surface area contributed by atoms with Crippen LogP contribution in [0, 0.1) is 17.7 Å². The molecule has 0 bridgehead atoms. The monoisotopic (exact) mass is 316 g/mol. The Balaban J connectivity index is 0.00000220. The van der Waals surface area contributed by atoms with Gasteiger partial charge in [0.15, 0.2) is 11.6 Å². The Labute approximate surface area is 130 Å². The van der Waals surface area contributed by atoms with Crippen LogP contribution in [0.3, 0.4) is 0 Å². The van der Waals surface area contributed by atoms with Gasteiger partial charge >= 0.3 is 0 Å². The first-order valence-electron chi connectivity index (χ1n) is 7.01. The molecule has 1 amide bonds. The van der Waals surface area contributed by atoms with Crippen LogP contribution >= 0.6 is 12.4 Å². The second-order valence-corrected chi connectivity index (χ2v) is 5.12. The van der Waals surface area contributed by atoms with E-state index in [1.54, 1.807) is 12.1 Å². The van der Waals surface area contributed by atoms with Crippen LogP contribution < -0.4 is 15.4 Å². The molecule has 21 heavy (non-hydrogen) atoms. The van der Waals surface area contributed by atoms with Crippen LogP contribution in [0.4, 0.5) is 4.39 Å². The summed E-state index contributed by atoms with van der Waals surface area (Å²) in [6.07, 6.45) is 0. The minimum atomic E-state index is -0.394. The summed E-state index contributed by atoms with van der Waals surface area (Å²) >= 11 is 0. The van der Waals surface area contributed by atoms with Gasteiger partial charge in [0.05, 0.1) is 6.61 Å². The van der Waals surface area contributed by atoms with E-state index in [1.807, 2.05) is 13.8 Å². The molecular formula is C15H22ClFN2O2. The number of benzene rings is 1. The maximum absolute atomic E-state index is 13.7. The van der Waals surface area contributed by atoms with E-state index in [4.69, 9.17) is 4.74 Å². The standard InChI is InChI=1S/C15H21FN2O2.ClH/c1-3-20-14-5-4-11(6-13(14)16)7-18-15(19)10(2)12-8-17-9-12;/h4-6,10,12,17H,3,7-9H2,1-2H3,(H,18,19);1H. The van der Waals surface area contributed by atoms with Crippen molar-refractivity contribution in [2.75, 3.05) is 19.7 Å². The summed E-state index contributed by atoms with van der Waals surface area (Å²) in [6.45, 7) is 6.30. The van der Waals surface area contributed by atoms with Gasteiger partial charge in [0.25, 0.3) is 0 Å². The number of ether oxygens (including phenoxy) is 1. The molecule has 0 saturated carbocycles. The maximum atomic E-state index is 13.7. The second kappa shape index (κ2) is 8.20. The van der Waals surface area contributed by atoms with Gasteiger partial charge in [-0.1, -0.05) is 13.0 Å². The third-order valence-corrected chi connectivity index (χ3v) is 3.70. The van der Waals surface area contributed by atoms with E-state index < -0.39 is 5.82 Å². The summed E-state index contributed by atoms with van der Waals surface area (Å²) in [6, 6.07) is 4.77. The summed E-state index contributed by atoms with van der Waals surface area (Å²) in [5, 5.41) is 6.01. The Bertz CT molecular complexity index is 481. The number of hydrogen-bond acceptors (Lipinski definition) is 3. The molecule has 2 N–H and O–H groups in total. The Kier molecular flexibility index (Phi) is 6.92. The highest BCUT2D eigenvalue weighted by Gasteiger charge is 2.28. The molecule has 1 heterocycles. The molecule has 1 atom stereocenters. The van der Waals surface area contributed by atoms with E-state index in [2.05, 4.69) is 10.6 Å². The third-order valence-electron chi connectivity index (χ3n) is 3.70. The third kappa shape index (κ3) is 4.58. The quantitative estimate of drug-likeness (QED) is 0.845. The fraction of sp³-hybridized carbons (Fsp3) is 0.533. The van der Waals surface area contributed by atoms with Gasteiger partial charge < -0.3 is 15.4 Å². The predicted octanol–water partition coefficient (Wildman–Crippen LogP) is 2.12. The van der Waals surface area contributed by atoms with Gasteiger partial charge in [-0.15, -0.1) is 12.4 Å². The lowest BCUT2D eigenvalue weighted by atomic mass is 9.88. The summed E-state index contributed by atoms with van der Waals surface area (Å²) in [5.74, 6) is 0.271. The molecular weight excluding hydrogens is 295 g/mol. The first kappa shape index (κ1) is 17.7. The number of rotatable bonds is 6. The lowest BCUT2D eigenvalue weighted by Gasteiger charge is -2.31. The molecule has 118 valence electrons. The van der Waals surface area contributed by atoms with Gasteiger partial charge in [-0.3, -0.25) is 4.79 Å². The van der Waals surface area contributed by atoms with Gasteiger partial charge in [0.2, 0.25) is 5.91 Å². The zero-order valence-electron chi connectivity index (χ0n) is 12.3. The van der Waals surface area contributed by atoms with Crippen LogP contribution in [-0.2, 0) is 11.3 Å². The highest BCUT2D eigenvalue weighted by atomic mass is 35.5. The number of amides is 1. The van der Waals surface area contributed by atoms with Crippen molar-refractivity contribution in [2.24, 2.45) is 11.8 Å². The van der Waals surface area contributed by atoms with Gasteiger partial charge in [-0.25, -0.2) is 4.39 Å². The predicted molar refractivity (Wildman–Crippen MR) is 82.2 cm³/mol. The number of nitrogens with one attached hydrogen (secondary N) is 2. The molecule has 0 spiro atoms. The van der Waals surface area contributed by atoms with Crippen molar-refractivity contribution in [3.63, 3.8) is 0 Å². The minimum Gasteiger partial charge on any atom is -0.491 e. The van der Waals surface area contributed by atoms with Crippen molar-refractivity contribution in [1.29, 1.82) is 0 Å². The molecule has 2 rings (SSSR count).